The second-order valence-corrected chi connectivity index (χ2v) is 7.32. The molecule has 5 heteroatoms. The van der Waals surface area contributed by atoms with Crippen LogP contribution < -0.4 is 10.9 Å². The summed E-state index contributed by atoms with van der Waals surface area (Å²) in [6.45, 7) is 5.49. The average molecular weight is 379 g/mol. The minimum atomic E-state index is -0.540. The van der Waals surface area contributed by atoms with Crippen molar-refractivity contribution in [3.05, 3.63) is 75.1 Å². The van der Waals surface area contributed by atoms with Gasteiger partial charge in [0, 0.05) is 6.04 Å². The molecule has 0 aliphatic carbocycles. The summed E-state index contributed by atoms with van der Waals surface area (Å²) in [5.74, 6) is -0.184. The van der Waals surface area contributed by atoms with E-state index in [0.717, 1.165) is 18.4 Å². The molecule has 1 aromatic heterocycles. The van der Waals surface area contributed by atoms with Crippen LogP contribution in [0.5, 0.6) is 5.75 Å². The van der Waals surface area contributed by atoms with E-state index in [0.29, 0.717) is 16.5 Å². The van der Waals surface area contributed by atoms with Gasteiger partial charge in [-0.3, -0.25) is 4.79 Å². The second-order valence-electron chi connectivity index (χ2n) is 7.32. The highest BCUT2D eigenvalue weighted by Gasteiger charge is 2.18. The molecule has 1 amide bonds. The van der Waals surface area contributed by atoms with Gasteiger partial charge in [-0.25, -0.2) is 4.79 Å². The van der Waals surface area contributed by atoms with Gasteiger partial charge in [0.1, 0.15) is 11.3 Å². The van der Waals surface area contributed by atoms with Crippen LogP contribution in [0.1, 0.15) is 35.6 Å². The lowest BCUT2D eigenvalue weighted by molar-refractivity contribution is -0.121. The summed E-state index contributed by atoms with van der Waals surface area (Å²) in [5, 5.41) is 13.7. The van der Waals surface area contributed by atoms with Gasteiger partial charge in [-0.05, 0) is 62.4 Å². The van der Waals surface area contributed by atoms with E-state index in [1.807, 2.05) is 32.0 Å². The van der Waals surface area contributed by atoms with Crippen LogP contribution in [-0.4, -0.2) is 17.1 Å². The number of rotatable bonds is 6. The van der Waals surface area contributed by atoms with Gasteiger partial charge in [-0.1, -0.05) is 30.3 Å². The van der Waals surface area contributed by atoms with Crippen LogP contribution >= 0.6 is 0 Å². The van der Waals surface area contributed by atoms with E-state index >= 15 is 0 Å². The maximum atomic E-state index is 12.5. The van der Waals surface area contributed by atoms with Crippen LogP contribution in [0.2, 0.25) is 0 Å². The molecule has 0 bridgehead atoms. The van der Waals surface area contributed by atoms with Gasteiger partial charge in [0.2, 0.25) is 5.91 Å². The Morgan fingerprint density at radius 1 is 1.18 bits per heavy atom. The van der Waals surface area contributed by atoms with Gasteiger partial charge in [0.15, 0.2) is 0 Å². The van der Waals surface area contributed by atoms with E-state index < -0.39 is 5.63 Å². The molecule has 0 spiro atoms. The average Bonchev–Trinajstić information content (AvgIpc) is 2.63. The Morgan fingerprint density at radius 2 is 1.89 bits per heavy atom. The summed E-state index contributed by atoms with van der Waals surface area (Å²) in [6, 6.07) is 13.4. The molecule has 2 aromatic carbocycles. The molecule has 0 radical (unpaired) electrons. The molecule has 0 aliphatic heterocycles. The van der Waals surface area contributed by atoms with Crippen LogP contribution in [0.15, 0.2) is 51.7 Å². The van der Waals surface area contributed by atoms with E-state index in [9.17, 15) is 14.7 Å². The molecule has 0 saturated heterocycles. The first-order chi connectivity index (χ1) is 13.3. The molecule has 0 saturated carbocycles. The van der Waals surface area contributed by atoms with Gasteiger partial charge in [-0.2, -0.15) is 0 Å². The van der Waals surface area contributed by atoms with Crippen molar-refractivity contribution >= 4 is 16.9 Å². The Morgan fingerprint density at radius 3 is 2.61 bits per heavy atom. The number of aromatic hydroxyl groups is 1. The molecular formula is C23H25NO4. The predicted octanol–water partition coefficient (Wildman–Crippen LogP) is 3.80. The highest BCUT2D eigenvalue weighted by Crippen LogP contribution is 2.29. The van der Waals surface area contributed by atoms with Crippen molar-refractivity contribution in [3.8, 4) is 5.75 Å². The van der Waals surface area contributed by atoms with E-state index in [-0.39, 0.29) is 29.7 Å². The molecule has 1 heterocycles. The first-order valence-electron chi connectivity index (χ1n) is 9.44. The van der Waals surface area contributed by atoms with Crippen molar-refractivity contribution in [2.24, 2.45) is 0 Å². The normalized spacial score (nSPS) is 12.1. The molecule has 1 atom stereocenters. The number of benzene rings is 2. The van der Waals surface area contributed by atoms with Crippen molar-refractivity contribution in [1.29, 1.82) is 0 Å². The fourth-order valence-electron chi connectivity index (χ4n) is 3.45. The molecule has 2 N–H and O–H groups in total. The topological polar surface area (TPSA) is 79.5 Å². The third kappa shape index (κ3) is 4.42. The first kappa shape index (κ1) is 19.7. The molecule has 0 fully saturated rings. The smallest absolute Gasteiger partial charge is 0.340 e. The zero-order valence-corrected chi connectivity index (χ0v) is 16.4. The van der Waals surface area contributed by atoms with Gasteiger partial charge in [0.25, 0.3) is 0 Å². The van der Waals surface area contributed by atoms with E-state index in [1.54, 1.807) is 19.1 Å². The Bertz CT molecular complexity index is 1050. The fraction of sp³-hybridized carbons (Fsp3) is 0.304. The first-order valence-corrected chi connectivity index (χ1v) is 9.44. The summed E-state index contributed by atoms with van der Waals surface area (Å²) in [6.07, 6.45) is 1.60. The van der Waals surface area contributed by atoms with Gasteiger partial charge in [0.05, 0.1) is 17.4 Å². The molecule has 5 nitrogen and oxygen atoms in total. The van der Waals surface area contributed by atoms with E-state index in [1.165, 1.54) is 5.56 Å². The molecule has 28 heavy (non-hydrogen) atoms. The zero-order valence-electron chi connectivity index (χ0n) is 16.4. The second kappa shape index (κ2) is 8.30. The number of phenolic OH excluding ortho intramolecular Hbond substituents is 1. The molecule has 3 aromatic rings. The van der Waals surface area contributed by atoms with Crippen LogP contribution in [0, 0.1) is 13.8 Å². The van der Waals surface area contributed by atoms with Gasteiger partial charge in [-0.15, -0.1) is 0 Å². The van der Waals surface area contributed by atoms with Crippen LogP contribution in [0.3, 0.4) is 0 Å². The van der Waals surface area contributed by atoms with Crippen LogP contribution in [-0.2, 0) is 17.6 Å². The maximum Gasteiger partial charge on any atom is 0.340 e. The number of hydrogen-bond acceptors (Lipinski definition) is 4. The fourth-order valence-corrected chi connectivity index (χ4v) is 3.45. The largest absolute Gasteiger partial charge is 0.507 e. The predicted molar refractivity (Wildman–Crippen MR) is 110 cm³/mol. The lowest BCUT2D eigenvalue weighted by Gasteiger charge is -2.15. The molecule has 146 valence electrons. The van der Waals surface area contributed by atoms with Gasteiger partial charge < -0.3 is 14.8 Å². The Labute approximate surface area is 164 Å². The third-order valence-electron chi connectivity index (χ3n) is 4.96. The summed E-state index contributed by atoms with van der Waals surface area (Å²) >= 11 is 0. The highest BCUT2D eigenvalue weighted by atomic mass is 16.4. The lowest BCUT2D eigenvalue weighted by Crippen LogP contribution is -2.35. The van der Waals surface area contributed by atoms with Crippen molar-refractivity contribution in [2.75, 3.05) is 0 Å². The van der Waals surface area contributed by atoms with Crippen LogP contribution in [0.4, 0.5) is 0 Å². The number of aryl methyl sites for hydroxylation is 3. The number of carbonyl (C=O) groups is 1. The highest BCUT2D eigenvalue weighted by molar-refractivity contribution is 5.89. The summed E-state index contributed by atoms with van der Waals surface area (Å²) < 4.78 is 5.35. The van der Waals surface area contributed by atoms with Crippen molar-refractivity contribution in [3.63, 3.8) is 0 Å². The molecule has 0 unspecified atom stereocenters. The van der Waals surface area contributed by atoms with Crippen molar-refractivity contribution in [1.82, 2.24) is 5.32 Å². The van der Waals surface area contributed by atoms with E-state index in [2.05, 4.69) is 17.4 Å². The van der Waals surface area contributed by atoms with Crippen molar-refractivity contribution in [2.45, 2.75) is 46.1 Å². The monoisotopic (exact) mass is 379 g/mol. The zero-order chi connectivity index (χ0) is 20.3. The standard InChI is InChI=1S/C23H25NO4/c1-14-11-19(25)22-16(3)18(23(27)28-20(22)12-14)13-21(26)24-15(2)9-10-17-7-5-4-6-8-17/h4-8,11-12,15,25H,9-10,13H2,1-3H3,(H,24,26)/t15-/m0/s1. The summed E-state index contributed by atoms with van der Waals surface area (Å²) in [4.78, 5) is 24.8. The Balaban J connectivity index is 1.71. The number of amides is 1. The Hall–Kier alpha value is -3.08. The minimum absolute atomic E-state index is 0.0171. The number of phenols is 1. The number of hydrogen-bond donors (Lipinski definition) is 2. The minimum Gasteiger partial charge on any atom is -0.507 e. The number of nitrogens with one attached hydrogen (secondary N) is 1. The molecule has 3 rings (SSSR count). The SMILES string of the molecule is Cc1cc(O)c2c(C)c(CC(=O)N[C@@H](C)CCc3ccccc3)c(=O)oc2c1. The number of carbonyl (C=O) groups excluding carboxylic acids is 1. The number of fused-ring (bicyclic) bond motifs is 1. The quantitative estimate of drug-likeness (QED) is 0.639. The van der Waals surface area contributed by atoms with Gasteiger partial charge >= 0.3 is 5.63 Å². The van der Waals surface area contributed by atoms with E-state index in [4.69, 9.17) is 4.42 Å². The third-order valence-corrected chi connectivity index (χ3v) is 4.96. The molecular weight excluding hydrogens is 354 g/mol. The molecule has 0 aliphatic rings. The maximum absolute atomic E-state index is 12.5. The Kier molecular flexibility index (Phi) is 5.83. The van der Waals surface area contributed by atoms with Crippen LogP contribution in [0.25, 0.3) is 11.0 Å². The van der Waals surface area contributed by atoms with Crippen molar-refractivity contribution < 1.29 is 14.3 Å². The summed E-state index contributed by atoms with van der Waals surface area (Å²) in [5.41, 5.74) is 2.67. The summed E-state index contributed by atoms with van der Waals surface area (Å²) in [7, 11) is 0. The lowest BCUT2D eigenvalue weighted by atomic mass is 10.0.